The SMILES string of the molecule is CCN=C(N)c1cccc(C(F)F)c1. The lowest BCUT2D eigenvalue weighted by Crippen LogP contribution is -2.13. The number of benzene rings is 1. The van der Waals surface area contributed by atoms with Crippen molar-refractivity contribution in [3.63, 3.8) is 0 Å². The van der Waals surface area contributed by atoms with E-state index in [0.29, 0.717) is 17.9 Å². The molecule has 4 heteroatoms. The van der Waals surface area contributed by atoms with E-state index in [4.69, 9.17) is 5.73 Å². The van der Waals surface area contributed by atoms with E-state index in [1.54, 1.807) is 12.1 Å². The minimum absolute atomic E-state index is 0.0308. The average Bonchev–Trinajstić information content (AvgIpc) is 2.18. The van der Waals surface area contributed by atoms with Crippen molar-refractivity contribution in [1.82, 2.24) is 0 Å². The molecule has 0 atom stereocenters. The van der Waals surface area contributed by atoms with E-state index < -0.39 is 6.43 Å². The third-order valence-electron chi connectivity index (χ3n) is 1.76. The molecule has 0 bridgehead atoms. The van der Waals surface area contributed by atoms with Crippen molar-refractivity contribution < 1.29 is 8.78 Å². The van der Waals surface area contributed by atoms with E-state index in [0.717, 1.165) is 0 Å². The molecule has 0 radical (unpaired) electrons. The molecule has 14 heavy (non-hydrogen) atoms. The number of alkyl halides is 2. The summed E-state index contributed by atoms with van der Waals surface area (Å²) in [5.41, 5.74) is 6.09. The van der Waals surface area contributed by atoms with E-state index in [9.17, 15) is 8.78 Å². The maximum atomic E-state index is 12.3. The topological polar surface area (TPSA) is 38.4 Å². The predicted molar refractivity (Wildman–Crippen MR) is 52.7 cm³/mol. The highest BCUT2D eigenvalue weighted by Gasteiger charge is 2.07. The zero-order valence-electron chi connectivity index (χ0n) is 7.87. The summed E-state index contributed by atoms with van der Waals surface area (Å²) in [6, 6.07) is 5.95. The fourth-order valence-corrected chi connectivity index (χ4v) is 1.10. The van der Waals surface area contributed by atoms with Crippen molar-refractivity contribution in [2.45, 2.75) is 13.3 Å². The van der Waals surface area contributed by atoms with E-state index >= 15 is 0 Å². The van der Waals surface area contributed by atoms with Gasteiger partial charge in [0.25, 0.3) is 6.43 Å². The zero-order chi connectivity index (χ0) is 10.6. The summed E-state index contributed by atoms with van der Waals surface area (Å²) in [5, 5.41) is 0. The van der Waals surface area contributed by atoms with Gasteiger partial charge in [0.2, 0.25) is 0 Å². The van der Waals surface area contributed by atoms with Gasteiger partial charge in [0.05, 0.1) is 0 Å². The molecule has 0 aliphatic heterocycles. The monoisotopic (exact) mass is 198 g/mol. The molecule has 0 aliphatic rings. The van der Waals surface area contributed by atoms with E-state index in [1.165, 1.54) is 12.1 Å². The van der Waals surface area contributed by atoms with Gasteiger partial charge in [-0.05, 0) is 13.0 Å². The molecule has 0 aromatic heterocycles. The van der Waals surface area contributed by atoms with Crippen LogP contribution in [0.25, 0.3) is 0 Å². The van der Waals surface area contributed by atoms with Gasteiger partial charge in [-0.25, -0.2) is 8.78 Å². The van der Waals surface area contributed by atoms with Gasteiger partial charge in [0.15, 0.2) is 0 Å². The van der Waals surface area contributed by atoms with E-state index in [2.05, 4.69) is 4.99 Å². The molecular formula is C10H12F2N2. The molecule has 76 valence electrons. The molecule has 0 amide bonds. The third kappa shape index (κ3) is 2.52. The molecule has 2 N–H and O–H groups in total. The summed E-state index contributed by atoms with van der Waals surface area (Å²) in [6.45, 7) is 2.38. The molecule has 1 aromatic carbocycles. The number of hydrogen-bond acceptors (Lipinski definition) is 1. The lowest BCUT2D eigenvalue weighted by atomic mass is 10.1. The highest BCUT2D eigenvalue weighted by atomic mass is 19.3. The van der Waals surface area contributed by atoms with Crippen LogP contribution in [0.5, 0.6) is 0 Å². The van der Waals surface area contributed by atoms with Crippen molar-refractivity contribution in [2.75, 3.05) is 6.54 Å². The van der Waals surface area contributed by atoms with Crippen molar-refractivity contribution >= 4 is 5.84 Å². The standard InChI is InChI=1S/C10H12F2N2/c1-2-14-10(13)8-5-3-4-7(6-8)9(11)12/h3-6,9H,2H2,1H3,(H2,13,14). The fourth-order valence-electron chi connectivity index (χ4n) is 1.10. The highest BCUT2D eigenvalue weighted by Crippen LogP contribution is 2.19. The Labute approximate surface area is 81.5 Å². The quantitative estimate of drug-likeness (QED) is 0.587. The number of amidine groups is 1. The lowest BCUT2D eigenvalue weighted by Gasteiger charge is -2.03. The summed E-state index contributed by atoms with van der Waals surface area (Å²) in [6.07, 6.45) is -2.47. The molecule has 0 fully saturated rings. The first-order chi connectivity index (χ1) is 6.65. The first kappa shape index (κ1) is 10.6. The summed E-state index contributed by atoms with van der Waals surface area (Å²) < 4.78 is 24.6. The van der Waals surface area contributed by atoms with E-state index in [-0.39, 0.29) is 5.56 Å². The van der Waals surface area contributed by atoms with Gasteiger partial charge in [0.1, 0.15) is 5.84 Å². The second kappa shape index (κ2) is 4.69. The smallest absolute Gasteiger partial charge is 0.263 e. The van der Waals surface area contributed by atoms with Crippen LogP contribution >= 0.6 is 0 Å². The number of nitrogens with two attached hydrogens (primary N) is 1. The van der Waals surface area contributed by atoms with Gasteiger partial charge in [-0.2, -0.15) is 0 Å². The Balaban J connectivity index is 2.99. The highest BCUT2D eigenvalue weighted by molar-refractivity contribution is 5.97. The molecular weight excluding hydrogens is 186 g/mol. The number of rotatable bonds is 3. The van der Waals surface area contributed by atoms with Crippen LogP contribution in [0.4, 0.5) is 8.78 Å². The molecule has 2 nitrogen and oxygen atoms in total. The van der Waals surface area contributed by atoms with Gasteiger partial charge in [-0.15, -0.1) is 0 Å². The van der Waals surface area contributed by atoms with Gasteiger partial charge >= 0.3 is 0 Å². The molecule has 0 unspecified atom stereocenters. The van der Waals surface area contributed by atoms with Crippen LogP contribution in [0, 0.1) is 0 Å². The van der Waals surface area contributed by atoms with Crippen molar-refractivity contribution in [3.05, 3.63) is 35.4 Å². The second-order valence-corrected chi connectivity index (χ2v) is 2.79. The third-order valence-corrected chi connectivity index (χ3v) is 1.76. The van der Waals surface area contributed by atoms with Gasteiger partial charge in [0, 0.05) is 17.7 Å². The van der Waals surface area contributed by atoms with Crippen LogP contribution in [0.2, 0.25) is 0 Å². The van der Waals surface area contributed by atoms with Crippen LogP contribution in [-0.4, -0.2) is 12.4 Å². The van der Waals surface area contributed by atoms with Crippen LogP contribution in [0.15, 0.2) is 29.3 Å². The Morgan fingerprint density at radius 3 is 2.79 bits per heavy atom. The molecule has 1 aromatic rings. The number of halogens is 2. The minimum Gasteiger partial charge on any atom is -0.384 e. The van der Waals surface area contributed by atoms with Gasteiger partial charge in [-0.1, -0.05) is 18.2 Å². The summed E-state index contributed by atoms with van der Waals surface area (Å²) in [4.78, 5) is 3.94. The first-order valence-electron chi connectivity index (χ1n) is 4.33. The Kier molecular flexibility index (Phi) is 3.56. The average molecular weight is 198 g/mol. The second-order valence-electron chi connectivity index (χ2n) is 2.79. The molecule has 0 heterocycles. The normalized spacial score (nSPS) is 12.1. The van der Waals surface area contributed by atoms with Gasteiger partial charge in [-0.3, -0.25) is 4.99 Å². The van der Waals surface area contributed by atoms with Crippen molar-refractivity contribution in [2.24, 2.45) is 10.7 Å². The molecule has 1 rings (SSSR count). The van der Waals surface area contributed by atoms with E-state index in [1.807, 2.05) is 6.92 Å². The predicted octanol–water partition coefficient (Wildman–Crippen LogP) is 2.35. The molecule has 0 saturated carbocycles. The molecule has 0 saturated heterocycles. The molecule has 0 aliphatic carbocycles. The Morgan fingerprint density at radius 2 is 2.21 bits per heavy atom. The first-order valence-corrected chi connectivity index (χ1v) is 4.33. The minimum atomic E-state index is -2.47. The zero-order valence-corrected chi connectivity index (χ0v) is 7.87. The largest absolute Gasteiger partial charge is 0.384 e. The van der Waals surface area contributed by atoms with Crippen molar-refractivity contribution in [3.8, 4) is 0 Å². The number of hydrogen-bond donors (Lipinski definition) is 1. The van der Waals surface area contributed by atoms with Crippen LogP contribution < -0.4 is 5.73 Å². The Morgan fingerprint density at radius 1 is 1.50 bits per heavy atom. The number of aliphatic imine (C=N–C) groups is 1. The van der Waals surface area contributed by atoms with Crippen LogP contribution in [0.3, 0.4) is 0 Å². The van der Waals surface area contributed by atoms with Crippen molar-refractivity contribution in [1.29, 1.82) is 0 Å². The van der Waals surface area contributed by atoms with Gasteiger partial charge < -0.3 is 5.73 Å². The Bertz CT molecular complexity index is 335. The summed E-state index contributed by atoms with van der Waals surface area (Å²) in [7, 11) is 0. The molecule has 0 spiro atoms. The maximum absolute atomic E-state index is 12.3. The number of nitrogens with zero attached hydrogens (tertiary/aromatic N) is 1. The van der Waals surface area contributed by atoms with Crippen LogP contribution in [0.1, 0.15) is 24.5 Å². The maximum Gasteiger partial charge on any atom is 0.263 e. The Hall–Kier alpha value is -1.45. The fraction of sp³-hybridized carbons (Fsp3) is 0.300. The summed E-state index contributed by atoms with van der Waals surface area (Å²) in [5.74, 6) is 0.301. The lowest BCUT2D eigenvalue weighted by molar-refractivity contribution is 0.151. The van der Waals surface area contributed by atoms with Crippen LogP contribution in [-0.2, 0) is 0 Å². The summed E-state index contributed by atoms with van der Waals surface area (Å²) >= 11 is 0.